The monoisotopic (exact) mass is 278 g/mol. The molecule has 0 spiro atoms. The highest BCUT2D eigenvalue weighted by Gasteiger charge is 2.19. The third-order valence-corrected chi connectivity index (χ3v) is 3.60. The fraction of sp³-hybridized carbons (Fsp3) is 0.0588. The standard InChI is InChI=1S/C17H14N2O2/c1-19-15(16(18)20)14(11-7-3-2-4-8-11)12-9-5-6-10-13(12)17(19)21/h2-10H,1H3,(H2,18,20). The van der Waals surface area contributed by atoms with Gasteiger partial charge in [-0.15, -0.1) is 0 Å². The van der Waals surface area contributed by atoms with Gasteiger partial charge in [0.15, 0.2) is 0 Å². The first kappa shape index (κ1) is 13.1. The molecule has 0 saturated carbocycles. The van der Waals surface area contributed by atoms with Crippen LogP contribution < -0.4 is 11.3 Å². The number of nitrogens with two attached hydrogens (primary N) is 1. The molecule has 1 aromatic heterocycles. The molecule has 1 amide bonds. The van der Waals surface area contributed by atoms with Crippen LogP contribution in [-0.4, -0.2) is 10.5 Å². The van der Waals surface area contributed by atoms with Crippen molar-refractivity contribution in [3.05, 3.63) is 70.6 Å². The summed E-state index contributed by atoms with van der Waals surface area (Å²) < 4.78 is 1.33. The summed E-state index contributed by atoms with van der Waals surface area (Å²) in [5.74, 6) is -0.612. The van der Waals surface area contributed by atoms with Crippen LogP contribution >= 0.6 is 0 Å². The van der Waals surface area contributed by atoms with Crippen LogP contribution in [0.3, 0.4) is 0 Å². The molecule has 4 heteroatoms. The van der Waals surface area contributed by atoms with Gasteiger partial charge < -0.3 is 10.3 Å². The first-order valence-electron chi connectivity index (χ1n) is 6.58. The van der Waals surface area contributed by atoms with Gasteiger partial charge in [-0.1, -0.05) is 48.5 Å². The van der Waals surface area contributed by atoms with Crippen molar-refractivity contribution in [1.82, 2.24) is 4.57 Å². The van der Waals surface area contributed by atoms with Crippen LogP contribution in [0.25, 0.3) is 21.9 Å². The molecule has 0 radical (unpaired) electrons. The second kappa shape index (κ2) is 4.90. The van der Waals surface area contributed by atoms with Gasteiger partial charge >= 0.3 is 0 Å². The van der Waals surface area contributed by atoms with Crippen molar-refractivity contribution in [3.63, 3.8) is 0 Å². The number of fused-ring (bicyclic) bond motifs is 1. The van der Waals surface area contributed by atoms with Gasteiger partial charge in [-0.25, -0.2) is 0 Å². The van der Waals surface area contributed by atoms with Crippen LogP contribution in [-0.2, 0) is 7.05 Å². The molecule has 21 heavy (non-hydrogen) atoms. The summed E-state index contributed by atoms with van der Waals surface area (Å²) >= 11 is 0. The van der Waals surface area contributed by atoms with Gasteiger partial charge in [0, 0.05) is 18.0 Å². The summed E-state index contributed by atoms with van der Waals surface area (Å²) in [4.78, 5) is 24.3. The molecule has 3 aromatic rings. The zero-order valence-electron chi connectivity index (χ0n) is 11.5. The molecular weight excluding hydrogens is 264 g/mol. The maximum Gasteiger partial charge on any atom is 0.266 e. The molecule has 0 aliphatic heterocycles. The molecule has 0 atom stereocenters. The smallest absolute Gasteiger partial charge is 0.266 e. The fourth-order valence-corrected chi connectivity index (χ4v) is 2.65. The summed E-state index contributed by atoms with van der Waals surface area (Å²) in [6.07, 6.45) is 0. The predicted molar refractivity (Wildman–Crippen MR) is 83.1 cm³/mol. The quantitative estimate of drug-likeness (QED) is 0.781. The molecular formula is C17H14N2O2. The van der Waals surface area contributed by atoms with Gasteiger partial charge in [0.25, 0.3) is 11.5 Å². The van der Waals surface area contributed by atoms with E-state index in [0.717, 1.165) is 10.9 Å². The van der Waals surface area contributed by atoms with E-state index in [-0.39, 0.29) is 11.3 Å². The van der Waals surface area contributed by atoms with Crippen LogP contribution in [0.5, 0.6) is 0 Å². The largest absolute Gasteiger partial charge is 0.364 e. The number of rotatable bonds is 2. The Balaban J connectivity index is 2.57. The van der Waals surface area contributed by atoms with Crippen LogP contribution in [0.4, 0.5) is 0 Å². The number of carbonyl (C=O) groups is 1. The number of nitrogens with zero attached hydrogens (tertiary/aromatic N) is 1. The first-order valence-corrected chi connectivity index (χ1v) is 6.58. The zero-order valence-corrected chi connectivity index (χ0v) is 11.5. The number of hydrogen-bond donors (Lipinski definition) is 1. The molecule has 0 aliphatic rings. The van der Waals surface area contributed by atoms with E-state index in [0.29, 0.717) is 10.9 Å². The van der Waals surface area contributed by atoms with E-state index in [1.165, 1.54) is 4.57 Å². The van der Waals surface area contributed by atoms with E-state index in [1.54, 1.807) is 13.1 Å². The van der Waals surface area contributed by atoms with Gasteiger partial charge in [0.2, 0.25) is 0 Å². The van der Waals surface area contributed by atoms with Gasteiger partial charge in [0.05, 0.1) is 0 Å². The maximum absolute atomic E-state index is 12.4. The normalized spacial score (nSPS) is 10.7. The van der Waals surface area contributed by atoms with Crippen molar-refractivity contribution < 1.29 is 4.79 Å². The number of benzene rings is 2. The van der Waals surface area contributed by atoms with Crippen molar-refractivity contribution in [2.75, 3.05) is 0 Å². The van der Waals surface area contributed by atoms with Crippen LogP contribution in [0.15, 0.2) is 59.4 Å². The van der Waals surface area contributed by atoms with E-state index in [2.05, 4.69) is 0 Å². The Bertz CT molecular complexity index is 896. The summed E-state index contributed by atoms with van der Waals surface area (Å²) in [7, 11) is 1.57. The van der Waals surface area contributed by atoms with Gasteiger partial charge in [-0.3, -0.25) is 9.59 Å². The van der Waals surface area contributed by atoms with Crippen LogP contribution in [0, 0.1) is 0 Å². The average Bonchev–Trinajstić information content (AvgIpc) is 2.51. The van der Waals surface area contributed by atoms with E-state index in [9.17, 15) is 9.59 Å². The number of amides is 1. The van der Waals surface area contributed by atoms with Crippen LogP contribution in [0.2, 0.25) is 0 Å². The molecule has 0 unspecified atom stereocenters. The number of hydrogen-bond acceptors (Lipinski definition) is 2. The minimum Gasteiger partial charge on any atom is -0.364 e. The highest BCUT2D eigenvalue weighted by atomic mass is 16.2. The molecule has 0 aliphatic carbocycles. The molecule has 104 valence electrons. The molecule has 4 nitrogen and oxygen atoms in total. The summed E-state index contributed by atoms with van der Waals surface area (Å²) in [5.41, 5.74) is 7.07. The van der Waals surface area contributed by atoms with Crippen molar-refractivity contribution in [2.45, 2.75) is 0 Å². The first-order chi connectivity index (χ1) is 10.1. The Labute approximate surface area is 121 Å². The fourth-order valence-electron chi connectivity index (χ4n) is 2.65. The third-order valence-electron chi connectivity index (χ3n) is 3.60. The Morgan fingerprint density at radius 2 is 1.52 bits per heavy atom. The van der Waals surface area contributed by atoms with Gasteiger partial charge in [-0.05, 0) is 17.0 Å². The van der Waals surface area contributed by atoms with E-state index < -0.39 is 5.91 Å². The number of primary amides is 1. The Kier molecular flexibility index (Phi) is 3.06. The topological polar surface area (TPSA) is 65.1 Å². The van der Waals surface area contributed by atoms with Crippen molar-refractivity contribution in [2.24, 2.45) is 12.8 Å². The van der Waals surface area contributed by atoms with E-state index in [1.807, 2.05) is 48.5 Å². The van der Waals surface area contributed by atoms with E-state index in [4.69, 9.17) is 5.73 Å². The summed E-state index contributed by atoms with van der Waals surface area (Å²) in [6, 6.07) is 16.7. The Morgan fingerprint density at radius 1 is 0.952 bits per heavy atom. The Hall–Kier alpha value is -2.88. The van der Waals surface area contributed by atoms with Crippen molar-refractivity contribution >= 4 is 16.7 Å². The van der Waals surface area contributed by atoms with Crippen molar-refractivity contribution in [3.8, 4) is 11.1 Å². The second-order valence-electron chi connectivity index (χ2n) is 4.86. The third kappa shape index (κ3) is 2.01. The molecule has 0 fully saturated rings. The van der Waals surface area contributed by atoms with Gasteiger partial charge in [0.1, 0.15) is 5.69 Å². The predicted octanol–water partition coefficient (Wildman–Crippen LogP) is 2.30. The Morgan fingerprint density at radius 3 is 2.14 bits per heavy atom. The second-order valence-corrected chi connectivity index (χ2v) is 4.86. The highest BCUT2D eigenvalue weighted by Crippen LogP contribution is 2.29. The highest BCUT2D eigenvalue weighted by molar-refractivity contribution is 6.07. The zero-order chi connectivity index (χ0) is 15.0. The minimum absolute atomic E-state index is 0.223. The summed E-state index contributed by atoms with van der Waals surface area (Å²) in [5, 5.41) is 1.31. The van der Waals surface area contributed by atoms with Crippen molar-refractivity contribution in [1.29, 1.82) is 0 Å². The van der Waals surface area contributed by atoms with Crippen LogP contribution in [0.1, 0.15) is 10.5 Å². The number of pyridine rings is 1. The molecule has 2 aromatic carbocycles. The summed E-state index contributed by atoms with van der Waals surface area (Å²) in [6.45, 7) is 0. The van der Waals surface area contributed by atoms with E-state index >= 15 is 0 Å². The SMILES string of the molecule is Cn1c(C(N)=O)c(-c2ccccc2)c2ccccc2c1=O. The maximum atomic E-state index is 12.4. The van der Waals surface area contributed by atoms with Gasteiger partial charge in [-0.2, -0.15) is 0 Å². The molecule has 1 heterocycles. The minimum atomic E-state index is -0.612. The number of carbonyl (C=O) groups excluding carboxylic acids is 1. The molecule has 3 rings (SSSR count). The molecule has 0 bridgehead atoms. The number of aromatic nitrogens is 1. The lowest BCUT2D eigenvalue weighted by atomic mass is 9.96. The lowest BCUT2D eigenvalue weighted by molar-refractivity contribution is 0.0992. The average molecular weight is 278 g/mol. The molecule has 0 saturated heterocycles. The lowest BCUT2D eigenvalue weighted by Crippen LogP contribution is -2.28. The molecule has 2 N–H and O–H groups in total. The lowest BCUT2D eigenvalue weighted by Gasteiger charge is -2.15.